The van der Waals surface area contributed by atoms with Crippen LogP contribution in [0.3, 0.4) is 0 Å². The third kappa shape index (κ3) is 2.83. The standard InChI is InChI=1S/C17H15N3O4/c1-11(21)15-10-16(24-12(15)2)17(19-9-3-8-18-19)13-4-6-14(7-5-13)20(22)23/h3-10,17H,1-2H3. The molecule has 0 aliphatic rings. The van der Waals surface area contributed by atoms with Crippen LogP contribution in [0.5, 0.6) is 0 Å². The lowest BCUT2D eigenvalue weighted by Crippen LogP contribution is -2.12. The van der Waals surface area contributed by atoms with Crippen molar-refractivity contribution in [1.29, 1.82) is 0 Å². The highest BCUT2D eigenvalue weighted by Gasteiger charge is 2.23. The number of ketones is 1. The third-order valence-electron chi connectivity index (χ3n) is 3.79. The number of nitro benzene ring substituents is 1. The molecule has 0 spiro atoms. The van der Waals surface area contributed by atoms with Crippen molar-refractivity contribution in [2.75, 3.05) is 0 Å². The van der Waals surface area contributed by atoms with Gasteiger partial charge in [0.1, 0.15) is 17.6 Å². The Bertz CT molecular complexity index is 879. The van der Waals surface area contributed by atoms with Crippen molar-refractivity contribution >= 4 is 11.5 Å². The molecule has 1 aromatic carbocycles. The first kappa shape index (κ1) is 15.7. The molecule has 0 saturated heterocycles. The number of hydrogen-bond acceptors (Lipinski definition) is 5. The maximum absolute atomic E-state index is 11.7. The molecule has 0 N–H and O–H groups in total. The molecule has 0 bridgehead atoms. The number of carbonyl (C=O) groups is 1. The Balaban J connectivity index is 2.09. The molecule has 7 nitrogen and oxygen atoms in total. The van der Waals surface area contributed by atoms with Gasteiger partial charge in [-0.3, -0.25) is 19.6 Å². The summed E-state index contributed by atoms with van der Waals surface area (Å²) >= 11 is 0. The van der Waals surface area contributed by atoms with Gasteiger partial charge in [-0.05, 0) is 43.7 Å². The van der Waals surface area contributed by atoms with Gasteiger partial charge in [0.25, 0.3) is 5.69 Å². The quantitative estimate of drug-likeness (QED) is 0.406. The molecule has 2 aromatic heterocycles. The molecule has 0 radical (unpaired) electrons. The number of nitro groups is 1. The molecule has 3 aromatic rings. The van der Waals surface area contributed by atoms with Crippen LogP contribution in [0.25, 0.3) is 0 Å². The van der Waals surface area contributed by atoms with Crippen molar-refractivity contribution in [3.8, 4) is 0 Å². The Morgan fingerprint density at radius 1 is 1.33 bits per heavy atom. The second-order valence-electron chi connectivity index (χ2n) is 5.41. The largest absolute Gasteiger partial charge is 0.463 e. The number of aromatic nitrogens is 2. The molecule has 24 heavy (non-hydrogen) atoms. The Kier molecular flexibility index (Phi) is 3.99. The van der Waals surface area contributed by atoms with Crippen LogP contribution >= 0.6 is 0 Å². The molecule has 1 unspecified atom stereocenters. The lowest BCUT2D eigenvalue weighted by atomic mass is 10.0. The van der Waals surface area contributed by atoms with Crippen molar-refractivity contribution < 1.29 is 14.1 Å². The molecular formula is C17H15N3O4. The summed E-state index contributed by atoms with van der Waals surface area (Å²) in [6.45, 7) is 3.21. The predicted octanol–water partition coefficient (Wildman–Crippen LogP) is 3.53. The maximum Gasteiger partial charge on any atom is 0.269 e. The number of aryl methyl sites for hydroxylation is 1. The van der Waals surface area contributed by atoms with Crippen molar-refractivity contribution in [2.45, 2.75) is 19.9 Å². The van der Waals surface area contributed by atoms with Crippen molar-refractivity contribution in [3.05, 3.63) is 81.6 Å². The Morgan fingerprint density at radius 2 is 2.04 bits per heavy atom. The summed E-state index contributed by atoms with van der Waals surface area (Å²) in [4.78, 5) is 22.1. The monoisotopic (exact) mass is 325 g/mol. The van der Waals surface area contributed by atoms with Gasteiger partial charge in [0.2, 0.25) is 0 Å². The van der Waals surface area contributed by atoms with Gasteiger partial charge in [-0.1, -0.05) is 0 Å². The molecule has 122 valence electrons. The fraction of sp³-hybridized carbons (Fsp3) is 0.176. The van der Waals surface area contributed by atoms with E-state index in [0.29, 0.717) is 17.1 Å². The van der Waals surface area contributed by atoms with E-state index in [9.17, 15) is 14.9 Å². The third-order valence-corrected chi connectivity index (χ3v) is 3.79. The summed E-state index contributed by atoms with van der Waals surface area (Å²) in [6.07, 6.45) is 3.41. The van der Waals surface area contributed by atoms with Crippen molar-refractivity contribution in [1.82, 2.24) is 9.78 Å². The molecule has 7 heteroatoms. The molecule has 0 fully saturated rings. The number of Topliss-reactive ketones (excluding diaryl/α,β-unsaturated/α-hetero) is 1. The zero-order chi connectivity index (χ0) is 17.3. The lowest BCUT2D eigenvalue weighted by molar-refractivity contribution is -0.384. The molecule has 0 amide bonds. The summed E-state index contributed by atoms with van der Waals surface area (Å²) in [6, 6.07) is 9.27. The fourth-order valence-corrected chi connectivity index (χ4v) is 2.65. The van der Waals surface area contributed by atoms with E-state index in [0.717, 1.165) is 5.56 Å². The van der Waals surface area contributed by atoms with Gasteiger partial charge in [0, 0.05) is 24.5 Å². The van der Waals surface area contributed by atoms with Gasteiger partial charge in [0.05, 0.1) is 10.5 Å². The van der Waals surface area contributed by atoms with Crippen molar-refractivity contribution in [2.24, 2.45) is 0 Å². The van der Waals surface area contributed by atoms with Gasteiger partial charge >= 0.3 is 0 Å². The number of carbonyl (C=O) groups excluding carboxylic acids is 1. The number of benzene rings is 1. The van der Waals surface area contributed by atoms with Gasteiger partial charge in [-0.2, -0.15) is 5.10 Å². The summed E-state index contributed by atoms with van der Waals surface area (Å²) < 4.78 is 7.46. The molecule has 3 rings (SSSR count). The van der Waals surface area contributed by atoms with Gasteiger partial charge in [-0.25, -0.2) is 0 Å². The normalized spacial score (nSPS) is 12.1. The molecular weight excluding hydrogens is 310 g/mol. The Hall–Kier alpha value is -3.22. The highest BCUT2D eigenvalue weighted by atomic mass is 16.6. The van der Waals surface area contributed by atoms with E-state index in [1.807, 2.05) is 0 Å². The lowest BCUT2D eigenvalue weighted by Gasteiger charge is -2.15. The molecule has 0 aliphatic heterocycles. The molecule has 0 aliphatic carbocycles. The fourth-order valence-electron chi connectivity index (χ4n) is 2.65. The van der Waals surface area contributed by atoms with Crippen LogP contribution in [-0.4, -0.2) is 20.5 Å². The predicted molar refractivity (Wildman–Crippen MR) is 86.0 cm³/mol. The van der Waals surface area contributed by atoms with E-state index in [-0.39, 0.29) is 11.5 Å². The number of non-ortho nitro benzene ring substituents is 1. The van der Waals surface area contributed by atoms with E-state index in [2.05, 4.69) is 5.10 Å². The van der Waals surface area contributed by atoms with Gasteiger partial charge in [0.15, 0.2) is 5.78 Å². The highest BCUT2D eigenvalue weighted by molar-refractivity contribution is 5.95. The van der Waals surface area contributed by atoms with Crippen LogP contribution in [0.2, 0.25) is 0 Å². The topological polar surface area (TPSA) is 91.2 Å². The second-order valence-corrected chi connectivity index (χ2v) is 5.41. The average molecular weight is 325 g/mol. The number of hydrogen-bond donors (Lipinski definition) is 0. The maximum atomic E-state index is 11.7. The Morgan fingerprint density at radius 3 is 2.54 bits per heavy atom. The first-order valence-corrected chi connectivity index (χ1v) is 7.32. The van der Waals surface area contributed by atoms with Crippen LogP contribution < -0.4 is 0 Å². The van der Waals surface area contributed by atoms with Crippen LogP contribution in [0, 0.1) is 17.0 Å². The van der Waals surface area contributed by atoms with Gasteiger partial charge in [-0.15, -0.1) is 0 Å². The van der Waals surface area contributed by atoms with Crippen LogP contribution in [0.15, 0.2) is 53.2 Å². The summed E-state index contributed by atoms with van der Waals surface area (Å²) in [7, 11) is 0. The Labute approximate surface area is 137 Å². The number of furan rings is 1. The molecule has 2 heterocycles. The smallest absolute Gasteiger partial charge is 0.269 e. The zero-order valence-electron chi connectivity index (χ0n) is 13.2. The average Bonchev–Trinajstić information content (AvgIpc) is 3.18. The van der Waals surface area contributed by atoms with Crippen molar-refractivity contribution in [3.63, 3.8) is 0 Å². The minimum atomic E-state index is -0.447. The van der Waals surface area contributed by atoms with E-state index in [1.54, 1.807) is 48.3 Å². The molecule has 1 atom stereocenters. The first-order chi connectivity index (χ1) is 11.5. The van der Waals surface area contributed by atoms with Crippen LogP contribution in [-0.2, 0) is 0 Å². The first-order valence-electron chi connectivity index (χ1n) is 7.32. The summed E-state index contributed by atoms with van der Waals surface area (Å²) in [5.74, 6) is 1.01. The van der Waals surface area contributed by atoms with E-state index in [1.165, 1.54) is 19.1 Å². The zero-order valence-corrected chi connectivity index (χ0v) is 13.2. The number of nitrogens with zero attached hydrogens (tertiary/aromatic N) is 3. The van der Waals surface area contributed by atoms with Gasteiger partial charge < -0.3 is 4.42 Å². The minimum Gasteiger partial charge on any atom is -0.463 e. The van der Waals surface area contributed by atoms with E-state index >= 15 is 0 Å². The van der Waals surface area contributed by atoms with Crippen LogP contribution in [0.4, 0.5) is 5.69 Å². The SMILES string of the molecule is CC(=O)c1cc(C(c2ccc([N+](=O)[O-])cc2)n2cccn2)oc1C. The summed E-state index contributed by atoms with van der Waals surface area (Å²) in [5.41, 5.74) is 1.30. The second kappa shape index (κ2) is 6.11. The number of rotatable bonds is 5. The molecule has 0 saturated carbocycles. The summed E-state index contributed by atoms with van der Waals surface area (Å²) in [5, 5.41) is 15.1. The van der Waals surface area contributed by atoms with E-state index in [4.69, 9.17) is 4.42 Å². The minimum absolute atomic E-state index is 0.0121. The van der Waals surface area contributed by atoms with E-state index < -0.39 is 11.0 Å². The van der Waals surface area contributed by atoms with Crippen LogP contribution in [0.1, 0.15) is 40.4 Å². The highest BCUT2D eigenvalue weighted by Crippen LogP contribution is 2.30.